The standard InChI is InChI=1S/C15H19N5O/c1-10-6-11(2)19-15(18-10)20(9-14(17)21)8-12-4-3-5-13(16)7-12/h3-7H,8-9,16H2,1-2H3,(H2,17,21). The van der Waals surface area contributed by atoms with E-state index in [0.29, 0.717) is 18.2 Å². The van der Waals surface area contributed by atoms with Crippen molar-refractivity contribution in [1.82, 2.24) is 9.97 Å². The first-order valence-electron chi connectivity index (χ1n) is 6.64. The van der Waals surface area contributed by atoms with Crippen LogP contribution in [0.4, 0.5) is 11.6 Å². The number of rotatable bonds is 5. The van der Waals surface area contributed by atoms with Crippen molar-refractivity contribution < 1.29 is 4.79 Å². The van der Waals surface area contributed by atoms with Crippen molar-refractivity contribution in [3.63, 3.8) is 0 Å². The average Bonchev–Trinajstić information content (AvgIpc) is 2.36. The lowest BCUT2D eigenvalue weighted by molar-refractivity contribution is -0.116. The molecule has 2 rings (SSSR count). The van der Waals surface area contributed by atoms with Crippen LogP contribution in [0.5, 0.6) is 0 Å². The molecule has 6 heteroatoms. The van der Waals surface area contributed by atoms with E-state index < -0.39 is 5.91 Å². The molecule has 0 radical (unpaired) electrons. The number of amides is 1. The molecule has 0 saturated carbocycles. The monoisotopic (exact) mass is 285 g/mol. The number of nitrogens with two attached hydrogens (primary N) is 2. The largest absolute Gasteiger partial charge is 0.399 e. The minimum absolute atomic E-state index is 0.0533. The van der Waals surface area contributed by atoms with E-state index in [4.69, 9.17) is 11.5 Å². The highest BCUT2D eigenvalue weighted by Gasteiger charge is 2.14. The van der Waals surface area contributed by atoms with Gasteiger partial charge in [0.2, 0.25) is 11.9 Å². The van der Waals surface area contributed by atoms with Crippen molar-refractivity contribution in [2.45, 2.75) is 20.4 Å². The van der Waals surface area contributed by atoms with Crippen LogP contribution in [0.25, 0.3) is 0 Å². The summed E-state index contributed by atoms with van der Waals surface area (Å²) in [6, 6.07) is 9.36. The quantitative estimate of drug-likeness (QED) is 0.803. The number of carbonyl (C=O) groups is 1. The molecule has 1 aromatic heterocycles. The topological polar surface area (TPSA) is 98.1 Å². The van der Waals surface area contributed by atoms with E-state index in [1.54, 1.807) is 4.90 Å². The lowest BCUT2D eigenvalue weighted by Gasteiger charge is -2.22. The van der Waals surface area contributed by atoms with Crippen LogP contribution in [0.1, 0.15) is 17.0 Å². The van der Waals surface area contributed by atoms with Crippen molar-refractivity contribution >= 4 is 17.5 Å². The summed E-state index contributed by atoms with van der Waals surface area (Å²) in [5.74, 6) is 0.0652. The van der Waals surface area contributed by atoms with Crippen LogP contribution in [0.3, 0.4) is 0 Å². The number of nitrogen functional groups attached to an aromatic ring is 1. The van der Waals surface area contributed by atoms with Crippen LogP contribution in [0, 0.1) is 13.8 Å². The van der Waals surface area contributed by atoms with E-state index in [1.807, 2.05) is 44.2 Å². The highest BCUT2D eigenvalue weighted by atomic mass is 16.1. The maximum atomic E-state index is 11.3. The van der Waals surface area contributed by atoms with Crippen LogP contribution in [-0.2, 0) is 11.3 Å². The first kappa shape index (κ1) is 14.8. The predicted octanol–water partition coefficient (Wildman–Crippen LogP) is 1.17. The molecule has 0 fully saturated rings. The Bertz CT molecular complexity index is 636. The van der Waals surface area contributed by atoms with E-state index in [-0.39, 0.29) is 6.54 Å². The van der Waals surface area contributed by atoms with Gasteiger partial charge in [0, 0.05) is 23.6 Å². The van der Waals surface area contributed by atoms with Gasteiger partial charge in [-0.2, -0.15) is 0 Å². The van der Waals surface area contributed by atoms with Crippen LogP contribution in [0.2, 0.25) is 0 Å². The normalized spacial score (nSPS) is 10.4. The first-order chi connectivity index (χ1) is 9.94. The average molecular weight is 285 g/mol. The third kappa shape index (κ3) is 4.17. The molecular formula is C15H19N5O. The number of primary amides is 1. The zero-order valence-electron chi connectivity index (χ0n) is 12.2. The number of aromatic nitrogens is 2. The Kier molecular flexibility index (Phi) is 4.37. The number of benzene rings is 1. The predicted molar refractivity (Wildman–Crippen MR) is 82.6 cm³/mol. The minimum Gasteiger partial charge on any atom is -0.399 e. The fourth-order valence-electron chi connectivity index (χ4n) is 2.15. The molecule has 21 heavy (non-hydrogen) atoms. The minimum atomic E-state index is -0.429. The molecular weight excluding hydrogens is 266 g/mol. The zero-order valence-corrected chi connectivity index (χ0v) is 12.2. The van der Waals surface area contributed by atoms with Crippen molar-refractivity contribution in [3.05, 3.63) is 47.3 Å². The molecule has 2 aromatic rings. The van der Waals surface area contributed by atoms with Gasteiger partial charge in [-0.15, -0.1) is 0 Å². The molecule has 0 atom stereocenters. The Morgan fingerprint density at radius 1 is 1.19 bits per heavy atom. The highest BCUT2D eigenvalue weighted by molar-refractivity contribution is 5.78. The second kappa shape index (κ2) is 6.21. The second-order valence-corrected chi connectivity index (χ2v) is 5.02. The Labute approximate surface area is 123 Å². The van der Waals surface area contributed by atoms with Gasteiger partial charge in [0.15, 0.2) is 0 Å². The van der Waals surface area contributed by atoms with E-state index in [2.05, 4.69) is 9.97 Å². The molecule has 1 amide bonds. The van der Waals surface area contributed by atoms with Crippen molar-refractivity contribution in [3.8, 4) is 0 Å². The number of hydrogen-bond acceptors (Lipinski definition) is 5. The van der Waals surface area contributed by atoms with Gasteiger partial charge in [0.05, 0.1) is 6.54 Å². The molecule has 0 unspecified atom stereocenters. The van der Waals surface area contributed by atoms with E-state index in [9.17, 15) is 4.79 Å². The number of carbonyl (C=O) groups excluding carboxylic acids is 1. The van der Waals surface area contributed by atoms with Crippen molar-refractivity contribution in [2.75, 3.05) is 17.2 Å². The molecule has 1 aromatic carbocycles. The van der Waals surface area contributed by atoms with Gasteiger partial charge in [0.1, 0.15) is 0 Å². The SMILES string of the molecule is Cc1cc(C)nc(N(CC(N)=O)Cc2cccc(N)c2)n1. The van der Waals surface area contributed by atoms with Gasteiger partial charge in [-0.25, -0.2) is 9.97 Å². The number of anilines is 2. The summed E-state index contributed by atoms with van der Waals surface area (Å²) < 4.78 is 0. The summed E-state index contributed by atoms with van der Waals surface area (Å²) >= 11 is 0. The third-order valence-corrected chi connectivity index (χ3v) is 2.92. The Morgan fingerprint density at radius 3 is 2.43 bits per heavy atom. The highest BCUT2D eigenvalue weighted by Crippen LogP contribution is 2.15. The van der Waals surface area contributed by atoms with Gasteiger partial charge < -0.3 is 16.4 Å². The number of nitrogens with zero attached hydrogens (tertiary/aromatic N) is 3. The van der Waals surface area contributed by atoms with Gasteiger partial charge in [-0.05, 0) is 37.6 Å². The van der Waals surface area contributed by atoms with Crippen LogP contribution < -0.4 is 16.4 Å². The summed E-state index contributed by atoms with van der Waals surface area (Å²) in [6.07, 6.45) is 0. The molecule has 0 saturated heterocycles. The number of aryl methyl sites for hydroxylation is 2. The van der Waals surface area contributed by atoms with E-state index in [1.165, 1.54) is 0 Å². The van der Waals surface area contributed by atoms with Crippen LogP contribution in [0.15, 0.2) is 30.3 Å². The van der Waals surface area contributed by atoms with Crippen molar-refractivity contribution in [2.24, 2.45) is 5.73 Å². The third-order valence-electron chi connectivity index (χ3n) is 2.92. The van der Waals surface area contributed by atoms with Crippen LogP contribution >= 0.6 is 0 Å². The molecule has 0 bridgehead atoms. The van der Waals surface area contributed by atoms with Crippen LogP contribution in [-0.4, -0.2) is 22.4 Å². The Balaban J connectivity index is 2.31. The summed E-state index contributed by atoms with van der Waals surface area (Å²) in [5, 5.41) is 0. The molecule has 0 aliphatic heterocycles. The molecule has 0 aliphatic rings. The maximum Gasteiger partial charge on any atom is 0.237 e. The van der Waals surface area contributed by atoms with E-state index in [0.717, 1.165) is 17.0 Å². The molecule has 110 valence electrons. The van der Waals surface area contributed by atoms with Gasteiger partial charge in [-0.3, -0.25) is 4.79 Å². The lowest BCUT2D eigenvalue weighted by Crippen LogP contribution is -2.34. The molecule has 1 heterocycles. The lowest BCUT2D eigenvalue weighted by atomic mass is 10.2. The fourth-order valence-corrected chi connectivity index (χ4v) is 2.15. The smallest absolute Gasteiger partial charge is 0.237 e. The summed E-state index contributed by atoms with van der Waals surface area (Å²) in [4.78, 5) is 21.8. The first-order valence-corrected chi connectivity index (χ1v) is 6.64. The molecule has 6 nitrogen and oxygen atoms in total. The zero-order chi connectivity index (χ0) is 15.4. The Morgan fingerprint density at radius 2 is 1.86 bits per heavy atom. The molecule has 0 spiro atoms. The van der Waals surface area contributed by atoms with Gasteiger partial charge >= 0.3 is 0 Å². The number of hydrogen-bond donors (Lipinski definition) is 2. The van der Waals surface area contributed by atoms with Crippen molar-refractivity contribution in [1.29, 1.82) is 0 Å². The summed E-state index contributed by atoms with van der Waals surface area (Å²) in [5.41, 5.74) is 14.4. The maximum absolute atomic E-state index is 11.3. The second-order valence-electron chi connectivity index (χ2n) is 5.02. The van der Waals surface area contributed by atoms with E-state index >= 15 is 0 Å². The Hall–Kier alpha value is -2.63. The van der Waals surface area contributed by atoms with Gasteiger partial charge in [-0.1, -0.05) is 12.1 Å². The van der Waals surface area contributed by atoms with Gasteiger partial charge in [0.25, 0.3) is 0 Å². The molecule has 4 N–H and O–H groups in total. The molecule has 0 aliphatic carbocycles. The summed E-state index contributed by atoms with van der Waals surface area (Å²) in [7, 11) is 0. The summed E-state index contributed by atoms with van der Waals surface area (Å²) in [6.45, 7) is 4.30. The fraction of sp³-hybridized carbons (Fsp3) is 0.267.